The number of alkyl halides is 3. The number of para-hydroxylation sites is 1. The number of hydrogen-bond donors (Lipinski definition) is 2. The van der Waals surface area contributed by atoms with Gasteiger partial charge in [0.15, 0.2) is 0 Å². The fourth-order valence-electron chi connectivity index (χ4n) is 2.41. The van der Waals surface area contributed by atoms with Crippen LogP contribution < -0.4 is 10.0 Å². The van der Waals surface area contributed by atoms with E-state index in [1.165, 1.54) is 31.4 Å². The summed E-state index contributed by atoms with van der Waals surface area (Å²) in [7, 11) is -2.87. The maximum Gasteiger partial charge on any atom is 0.416 e. The Bertz CT molecular complexity index is 946. The van der Waals surface area contributed by atoms with Gasteiger partial charge in [-0.25, -0.2) is 8.42 Å². The van der Waals surface area contributed by atoms with E-state index in [0.717, 1.165) is 18.2 Å². The first kappa shape index (κ1) is 21.7. The molecule has 0 saturated heterocycles. The number of sulfonamides is 1. The summed E-state index contributed by atoms with van der Waals surface area (Å²) in [5.41, 5.74) is -1.11. The Morgan fingerprint density at radius 2 is 1.82 bits per heavy atom. The van der Waals surface area contributed by atoms with Crippen LogP contribution in [0.5, 0.6) is 0 Å². The molecule has 10 heteroatoms. The standard InChI is InChI=1S/C18H19F3N2O4S/c1-12(11-27-2)22-17(24)15-8-3-4-9-16(15)23-28(25,26)14-7-5-6-13(10-14)18(19,20)21/h3-10,12,23H,11H2,1-2H3,(H,22,24)/t12-/m0/s1. The number of carbonyl (C=O) groups is 1. The van der Waals surface area contributed by atoms with Crippen molar-refractivity contribution in [1.82, 2.24) is 5.32 Å². The van der Waals surface area contributed by atoms with Crippen LogP contribution in [0.25, 0.3) is 0 Å². The minimum Gasteiger partial charge on any atom is -0.383 e. The van der Waals surface area contributed by atoms with Crippen LogP contribution >= 0.6 is 0 Å². The lowest BCUT2D eigenvalue weighted by atomic mass is 10.1. The molecule has 1 amide bonds. The molecule has 0 radical (unpaired) electrons. The average molecular weight is 416 g/mol. The highest BCUT2D eigenvalue weighted by molar-refractivity contribution is 7.92. The Hall–Kier alpha value is -2.59. The summed E-state index contributed by atoms with van der Waals surface area (Å²) < 4.78 is 70.8. The molecule has 0 saturated carbocycles. The number of halogens is 3. The van der Waals surface area contributed by atoms with Crippen molar-refractivity contribution in [2.24, 2.45) is 0 Å². The van der Waals surface area contributed by atoms with Crippen LogP contribution in [-0.2, 0) is 20.9 Å². The quantitative estimate of drug-likeness (QED) is 0.726. The van der Waals surface area contributed by atoms with Crippen LogP contribution in [0.4, 0.5) is 18.9 Å². The number of hydrogen-bond acceptors (Lipinski definition) is 4. The first-order valence-electron chi connectivity index (χ1n) is 8.13. The van der Waals surface area contributed by atoms with Gasteiger partial charge in [-0.2, -0.15) is 13.2 Å². The van der Waals surface area contributed by atoms with E-state index >= 15 is 0 Å². The van der Waals surface area contributed by atoms with Crippen LogP contribution in [0, 0.1) is 0 Å². The fourth-order valence-corrected chi connectivity index (χ4v) is 3.53. The molecule has 6 nitrogen and oxygen atoms in total. The van der Waals surface area contributed by atoms with Gasteiger partial charge in [-0.3, -0.25) is 9.52 Å². The lowest BCUT2D eigenvalue weighted by molar-refractivity contribution is -0.137. The van der Waals surface area contributed by atoms with Gasteiger partial charge in [0.2, 0.25) is 0 Å². The van der Waals surface area contributed by atoms with E-state index in [2.05, 4.69) is 10.0 Å². The van der Waals surface area contributed by atoms with E-state index in [4.69, 9.17) is 4.74 Å². The van der Waals surface area contributed by atoms with Gasteiger partial charge < -0.3 is 10.1 Å². The van der Waals surface area contributed by atoms with Gasteiger partial charge in [-0.1, -0.05) is 18.2 Å². The van der Waals surface area contributed by atoms with Crippen molar-refractivity contribution in [3.8, 4) is 0 Å². The normalized spacial score (nSPS) is 13.0. The summed E-state index contributed by atoms with van der Waals surface area (Å²) in [5.74, 6) is -0.549. The first-order valence-corrected chi connectivity index (χ1v) is 9.62. The van der Waals surface area contributed by atoms with Crippen molar-refractivity contribution < 1.29 is 31.1 Å². The van der Waals surface area contributed by atoms with Gasteiger partial charge in [-0.05, 0) is 37.3 Å². The molecule has 0 spiro atoms. The second-order valence-electron chi connectivity index (χ2n) is 6.01. The number of benzene rings is 2. The van der Waals surface area contributed by atoms with Crippen LogP contribution in [0.2, 0.25) is 0 Å². The summed E-state index contributed by atoms with van der Waals surface area (Å²) >= 11 is 0. The van der Waals surface area contributed by atoms with Gasteiger partial charge >= 0.3 is 6.18 Å². The predicted molar refractivity (Wildman–Crippen MR) is 97.5 cm³/mol. The third kappa shape index (κ3) is 5.46. The maximum absolute atomic E-state index is 12.9. The van der Waals surface area contributed by atoms with E-state index in [1.807, 2.05) is 0 Å². The summed E-state index contributed by atoms with van der Waals surface area (Å²) in [5, 5.41) is 2.64. The van der Waals surface area contributed by atoms with E-state index in [-0.39, 0.29) is 23.9 Å². The molecule has 1 atom stereocenters. The van der Waals surface area contributed by atoms with Gasteiger partial charge in [-0.15, -0.1) is 0 Å². The van der Waals surface area contributed by atoms with E-state index in [1.54, 1.807) is 6.92 Å². The molecule has 0 fully saturated rings. The third-order valence-corrected chi connectivity index (χ3v) is 5.05. The molecule has 0 aliphatic carbocycles. The number of rotatable bonds is 7. The zero-order chi connectivity index (χ0) is 20.9. The second kappa shape index (κ2) is 8.61. The molecular formula is C18H19F3N2O4S. The van der Waals surface area contributed by atoms with Crippen LogP contribution in [-0.4, -0.2) is 34.1 Å². The first-order chi connectivity index (χ1) is 13.0. The van der Waals surface area contributed by atoms with Gasteiger partial charge in [0.1, 0.15) is 0 Å². The second-order valence-corrected chi connectivity index (χ2v) is 7.69. The number of methoxy groups -OCH3 is 1. The minimum absolute atomic E-state index is 0.0287. The number of carbonyl (C=O) groups excluding carboxylic acids is 1. The molecule has 0 aliphatic heterocycles. The van der Waals surface area contributed by atoms with Gasteiger partial charge in [0, 0.05) is 13.2 Å². The Balaban J connectivity index is 2.32. The molecule has 0 aromatic heterocycles. The van der Waals surface area contributed by atoms with Crippen LogP contribution in [0.15, 0.2) is 53.4 Å². The maximum atomic E-state index is 12.9. The highest BCUT2D eigenvalue weighted by atomic mass is 32.2. The van der Waals surface area contributed by atoms with Crippen LogP contribution in [0.3, 0.4) is 0 Å². The molecule has 2 aromatic rings. The van der Waals surface area contributed by atoms with Crippen LogP contribution in [0.1, 0.15) is 22.8 Å². The number of anilines is 1. The summed E-state index contributed by atoms with van der Waals surface area (Å²) in [4.78, 5) is 11.8. The molecule has 0 aliphatic rings. The van der Waals surface area contributed by atoms with Crippen molar-refractivity contribution in [2.75, 3.05) is 18.4 Å². The zero-order valence-electron chi connectivity index (χ0n) is 15.1. The molecule has 0 bridgehead atoms. The molecule has 2 rings (SSSR count). The summed E-state index contributed by atoms with van der Waals surface area (Å²) in [6.45, 7) is 1.96. The molecule has 152 valence electrons. The van der Waals surface area contributed by atoms with Crippen molar-refractivity contribution in [2.45, 2.75) is 24.0 Å². The van der Waals surface area contributed by atoms with Crippen molar-refractivity contribution in [3.63, 3.8) is 0 Å². The lowest BCUT2D eigenvalue weighted by Gasteiger charge is -2.16. The van der Waals surface area contributed by atoms with Crippen molar-refractivity contribution in [3.05, 3.63) is 59.7 Å². The highest BCUT2D eigenvalue weighted by Gasteiger charge is 2.31. The average Bonchev–Trinajstić information content (AvgIpc) is 2.61. The number of ether oxygens (including phenoxy) is 1. The molecule has 2 aromatic carbocycles. The molecule has 0 unspecified atom stereocenters. The molecule has 28 heavy (non-hydrogen) atoms. The molecule has 0 heterocycles. The monoisotopic (exact) mass is 416 g/mol. The van der Waals surface area contributed by atoms with Crippen molar-refractivity contribution >= 4 is 21.6 Å². The van der Waals surface area contributed by atoms with Gasteiger partial charge in [0.25, 0.3) is 15.9 Å². The highest BCUT2D eigenvalue weighted by Crippen LogP contribution is 2.31. The van der Waals surface area contributed by atoms with E-state index < -0.39 is 32.6 Å². The number of nitrogens with one attached hydrogen (secondary N) is 2. The van der Waals surface area contributed by atoms with Crippen molar-refractivity contribution in [1.29, 1.82) is 0 Å². The molecular weight excluding hydrogens is 397 g/mol. The Kier molecular flexibility index (Phi) is 6.68. The third-order valence-electron chi connectivity index (χ3n) is 3.68. The summed E-state index contributed by atoms with van der Waals surface area (Å²) in [6.07, 6.45) is -4.68. The summed E-state index contributed by atoms with van der Waals surface area (Å²) in [6, 6.07) is 8.81. The van der Waals surface area contributed by atoms with Gasteiger partial charge in [0.05, 0.1) is 28.3 Å². The Morgan fingerprint density at radius 3 is 2.46 bits per heavy atom. The fraction of sp³-hybridized carbons (Fsp3) is 0.278. The number of amides is 1. The predicted octanol–water partition coefficient (Wildman–Crippen LogP) is 3.27. The smallest absolute Gasteiger partial charge is 0.383 e. The SMILES string of the molecule is COC[C@H](C)NC(=O)c1ccccc1NS(=O)(=O)c1cccc(C(F)(F)F)c1. The van der Waals surface area contributed by atoms with E-state index in [0.29, 0.717) is 6.07 Å². The zero-order valence-corrected chi connectivity index (χ0v) is 15.9. The van der Waals surface area contributed by atoms with E-state index in [9.17, 15) is 26.4 Å². The Labute approximate surface area is 160 Å². The minimum atomic E-state index is -4.68. The Morgan fingerprint density at radius 1 is 1.14 bits per heavy atom. The topological polar surface area (TPSA) is 84.5 Å². The largest absolute Gasteiger partial charge is 0.416 e. The lowest BCUT2D eigenvalue weighted by Crippen LogP contribution is -2.36. The molecule has 2 N–H and O–H groups in total.